The van der Waals surface area contributed by atoms with Gasteiger partial charge in [-0.3, -0.25) is 4.79 Å². The fourth-order valence-corrected chi connectivity index (χ4v) is 3.06. The highest BCUT2D eigenvalue weighted by Crippen LogP contribution is 2.35. The second-order valence-corrected chi connectivity index (χ2v) is 5.82. The zero-order valence-corrected chi connectivity index (χ0v) is 11.4. The highest BCUT2D eigenvalue weighted by molar-refractivity contribution is 6.00. The van der Waals surface area contributed by atoms with E-state index in [0.29, 0.717) is 6.42 Å². The van der Waals surface area contributed by atoms with Crippen LogP contribution < -0.4 is 16.0 Å². The molecule has 3 N–H and O–H groups in total. The van der Waals surface area contributed by atoms with Crippen molar-refractivity contribution < 1.29 is 4.79 Å². The van der Waals surface area contributed by atoms with E-state index < -0.39 is 0 Å². The minimum Gasteiger partial charge on any atom is -0.397 e. The van der Waals surface area contributed by atoms with Gasteiger partial charge in [0.1, 0.15) is 0 Å². The highest BCUT2D eigenvalue weighted by Gasteiger charge is 2.22. The molecule has 102 valence electrons. The average molecular weight is 259 g/mol. The van der Waals surface area contributed by atoms with Gasteiger partial charge in [0.15, 0.2) is 0 Å². The van der Waals surface area contributed by atoms with Crippen molar-refractivity contribution in [1.82, 2.24) is 0 Å². The molecule has 4 heteroatoms. The Morgan fingerprint density at radius 1 is 1.32 bits per heavy atom. The molecule has 2 aliphatic rings. The number of hydrogen-bond donors (Lipinski definition) is 2. The van der Waals surface area contributed by atoms with E-state index in [9.17, 15) is 4.79 Å². The van der Waals surface area contributed by atoms with Crippen LogP contribution in [0.4, 0.5) is 17.1 Å². The second kappa shape index (κ2) is 4.76. The summed E-state index contributed by atoms with van der Waals surface area (Å²) in [7, 11) is 0. The summed E-state index contributed by atoms with van der Waals surface area (Å²) in [4.78, 5) is 13.8. The first-order valence-electron chi connectivity index (χ1n) is 7.10. The Bertz CT molecular complexity index is 512. The van der Waals surface area contributed by atoms with Crippen LogP contribution in [-0.2, 0) is 11.2 Å². The molecule has 0 spiro atoms. The smallest absolute Gasteiger partial charge is 0.228 e. The van der Waals surface area contributed by atoms with E-state index in [4.69, 9.17) is 5.73 Å². The molecule has 2 aliphatic heterocycles. The van der Waals surface area contributed by atoms with Crippen LogP contribution in [0, 0.1) is 5.92 Å². The number of fused-ring (bicyclic) bond motifs is 1. The third-order valence-electron chi connectivity index (χ3n) is 4.24. The number of carbonyl (C=O) groups is 1. The van der Waals surface area contributed by atoms with E-state index >= 15 is 0 Å². The van der Waals surface area contributed by atoms with Crippen molar-refractivity contribution in [2.24, 2.45) is 5.92 Å². The Labute approximate surface area is 114 Å². The Hall–Kier alpha value is -1.71. The summed E-state index contributed by atoms with van der Waals surface area (Å²) < 4.78 is 0. The lowest BCUT2D eigenvalue weighted by Crippen LogP contribution is -2.25. The zero-order chi connectivity index (χ0) is 13.4. The first kappa shape index (κ1) is 12.3. The maximum atomic E-state index is 11.4. The van der Waals surface area contributed by atoms with Crippen LogP contribution in [0.15, 0.2) is 12.1 Å². The lowest BCUT2D eigenvalue weighted by molar-refractivity contribution is -0.115. The molecule has 0 aromatic heterocycles. The Kier molecular flexibility index (Phi) is 3.09. The van der Waals surface area contributed by atoms with Crippen LogP contribution in [-0.4, -0.2) is 19.0 Å². The predicted octanol–water partition coefficient (Wildman–Crippen LogP) is 2.39. The van der Waals surface area contributed by atoms with Gasteiger partial charge in [0.25, 0.3) is 0 Å². The molecule has 0 radical (unpaired) electrons. The molecule has 2 heterocycles. The molecular formula is C15H21N3O. The van der Waals surface area contributed by atoms with Crippen molar-refractivity contribution in [2.75, 3.05) is 29.0 Å². The van der Waals surface area contributed by atoms with Crippen LogP contribution >= 0.6 is 0 Å². The molecule has 0 aliphatic carbocycles. The van der Waals surface area contributed by atoms with E-state index in [-0.39, 0.29) is 5.91 Å². The molecule has 4 nitrogen and oxygen atoms in total. The number of nitrogens with zero attached hydrogens (tertiary/aromatic N) is 1. The van der Waals surface area contributed by atoms with Crippen LogP contribution in [0.5, 0.6) is 0 Å². The molecule has 0 saturated carbocycles. The number of amides is 1. The maximum Gasteiger partial charge on any atom is 0.228 e. The number of nitrogens with one attached hydrogen (secondary N) is 1. The van der Waals surface area contributed by atoms with Crippen molar-refractivity contribution in [3.63, 3.8) is 0 Å². The minimum absolute atomic E-state index is 0.0658. The molecule has 0 bridgehead atoms. The average Bonchev–Trinajstić information content (AvgIpc) is 2.57. The SMILES string of the molecule is CC1CCCN(c2cc3c(cc2N)CC(=O)N3)CC1. The first-order valence-corrected chi connectivity index (χ1v) is 7.10. The van der Waals surface area contributed by atoms with Gasteiger partial charge in [0.2, 0.25) is 5.91 Å². The third-order valence-corrected chi connectivity index (χ3v) is 4.24. The van der Waals surface area contributed by atoms with Crippen molar-refractivity contribution in [2.45, 2.75) is 32.6 Å². The van der Waals surface area contributed by atoms with E-state index in [1.165, 1.54) is 19.3 Å². The van der Waals surface area contributed by atoms with E-state index in [0.717, 1.165) is 41.6 Å². The molecule has 1 unspecified atom stereocenters. The second-order valence-electron chi connectivity index (χ2n) is 5.82. The summed E-state index contributed by atoms with van der Waals surface area (Å²) in [5.41, 5.74) is 10.0. The minimum atomic E-state index is 0.0658. The summed E-state index contributed by atoms with van der Waals surface area (Å²) in [5.74, 6) is 0.858. The van der Waals surface area contributed by atoms with Gasteiger partial charge in [-0.05, 0) is 42.9 Å². The molecule has 1 fully saturated rings. The van der Waals surface area contributed by atoms with Crippen LogP contribution in [0.25, 0.3) is 0 Å². The number of benzene rings is 1. The van der Waals surface area contributed by atoms with Gasteiger partial charge in [-0.25, -0.2) is 0 Å². The number of nitrogens with two attached hydrogens (primary N) is 1. The number of carbonyl (C=O) groups excluding carboxylic acids is 1. The first-order chi connectivity index (χ1) is 9.13. The van der Waals surface area contributed by atoms with Gasteiger partial charge >= 0.3 is 0 Å². The van der Waals surface area contributed by atoms with Crippen molar-refractivity contribution >= 4 is 23.0 Å². The van der Waals surface area contributed by atoms with Gasteiger partial charge in [-0.1, -0.05) is 6.92 Å². The molecule has 19 heavy (non-hydrogen) atoms. The van der Waals surface area contributed by atoms with Crippen molar-refractivity contribution in [3.8, 4) is 0 Å². The van der Waals surface area contributed by atoms with E-state index in [1.54, 1.807) is 0 Å². The molecule has 1 aromatic rings. The third kappa shape index (κ3) is 2.39. The standard InChI is InChI=1S/C15H21N3O/c1-10-3-2-5-18(6-4-10)14-9-13-11(7-12(14)16)8-15(19)17-13/h7,9-10H,2-6,8,16H2,1H3,(H,17,19). The van der Waals surface area contributed by atoms with Gasteiger partial charge in [-0.15, -0.1) is 0 Å². The van der Waals surface area contributed by atoms with Crippen LogP contribution in [0.1, 0.15) is 31.7 Å². The quantitative estimate of drug-likeness (QED) is 0.761. The summed E-state index contributed by atoms with van der Waals surface area (Å²) >= 11 is 0. The Balaban J connectivity index is 1.88. The highest BCUT2D eigenvalue weighted by atomic mass is 16.1. The Morgan fingerprint density at radius 3 is 3.00 bits per heavy atom. The summed E-state index contributed by atoms with van der Waals surface area (Å²) in [6, 6.07) is 4.00. The zero-order valence-electron chi connectivity index (χ0n) is 11.4. The predicted molar refractivity (Wildman–Crippen MR) is 78.4 cm³/mol. The number of anilines is 3. The molecule has 3 rings (SSSR count). The fourth-order valence-electron chi connectivity index (χ4n) is 3.06. The molecule has 1 aromatic carbocycles. The monoisotopic (exact) mass is 259 g/mol. The van der Waals surface area contributed by atoms with Crippen molar-refractivity contribution in [1.29, 1.82) is 0 Å². The summed E-state index contributed by atoms with van der Waals surface area (Å²) in [6.07, 6.45) is 4.17. The number of rotatable bonds is 1. The summed E-state index contributed by atoms with van der Waals surface area (Å²) in [6.45, 7) is 4.43. The summed E-state index contributed by atoms with van der Waals surface area (Å²) in [5, 5.41) is 2.91. The van der Waals surface area contributed by atoms with Crippen LogP contribution in [0.3, 0.4) is 0 Å². The topological polar surface area (TPSA) is 58.4 Å². The lowest BCUT2D eigenvalue weighted by Gasteiger charge is -2.25. The van der Waals surface area contributed by atoms with E-state index in [2.05, 4.69) is 17.1 Å². The maximum absolute atomic E-state index is 11.4. The van der Waals surface area contributed by atoms with Crippen LogP contribution in [0.2, 0.25) is 0 Å². The van der Waals surface area contributed by atoms with Crippen molar-refractivity contribution in [3.05, 3.63) is 17.7 Å². The normalized spacial score (nSPS) is 22.9. The molecule has 1 saturated heterocycles. The largest absolute Gasteiger partial charge is 0.397 e. The lowest BCUT2D eigenvalue weighted by atomic mass is 10.0. The molecule has 1 atom stereocenters. The Morgan fingerprint density at radius 2 is 2.16 bits per heavy atom. The number of hydrogen-bond acceptors (Lipinski definition) is 3. The molecule has 1 amide bonds. The van der Waals surface area contributed by atoms with Gasteiger partial charge < -0.3 is 16.0 Å². The van der Waals surface area contributed by atoms with E-state index in [1.807, 2.05) is 12.1 Å². The fraction of sp³-hybridized carbons (Fsp3) is 0.533. The number of nitrogen functional groups attached to an aromatic ring is 1. The van der Waals surface area contributed by atoms with Gasteiger partial charge in [0, 0.05) is 18.8 Å². The van der Waals surface area contributed by atoms with Gasteiger partial charge in [0.05, 0.1) is 17.8 Å². The van der Waals surface area contributed by atoms with Gasteiger partial charge in [-0.2, -0.15) is 0 Å². The molecular weight excluding hydrogens is 238 g/mol.